The number of rotatable bonds is 2. The fraction of sp³-hybridized carbons (Fsp3) is 0.375. The predicted octanol–water partition coefficient (Wildman–Crippen LogP) is 2.85. The van der Waals surface area contributed by atoms with Gasteiger partial charge in [-0.3, -0.25) is 0 Å². The van der Waals surface area contributed by atoms with Gasteiger partial charge < -0.3 is 0 Å². The van der Waals surface area contributed by atoms with Gasteiger partial charge in [0, 0.05) is 0 Å². The average Bonchev–Trinajstić information content (AvgIpc) is 2.69. The molecule has 15 heavy (non-hydrogen) atoms. The number of hydrogen-bond donors (Lipinski definition) is 0. The van der Waals surface area contributed by atoms with Crippen LogP contribution in [0.5, 0.6) is 0 Å². The van der Waals surface area contributed by atoms with Crippen molar-refractivity contribution in [2.45, 2.75) is 14.8 Å². The molecule has 4 nitrogen and oxygen atoms in total. The van der Waals surface area contributed by atoms with E-state index in [-0.39, 0.29) is 0 Å². The summed E-state index contributed by atoms with van der Waals surface area (Å²) in [6.45, 7) is 0. The zero-order valence-corrected chi connectivity index (χ0v) is 14.0. The van der Waals surface area contributed by atoms with E-state index in [0.717, 1.165) is 15.2 Å². The Labute approximate surface area is 105 Å². The first-order valence-electron chi connectivity index (χ1n) is 4.52. The van der Waals surface area contributed by atoms with Gasteiger partial charge in [0.25, 0.3) is 0 Å². The molecule has 2 aromatic rings. The monoisotopic (exact) mass is 394 g/mol. The van der Waals surface area contributed by atoms with Crippen molar-refractivity contribution in [1.82, 2.24) is 18.4 Å². The van der Waals surface area contributed by atoms with Gasteiger partial charge in [-0.2, -0.15) is 0 Å². The minimum atomic E-state index is -2.23. The Kier molecular flexibility index (Phi) is 3.18. The molecule has 0 atom stereocenters. The predicted molar refractivity (Wildman–Crippen MR) is 67.6 cm³/mol. The number of thiophene rings is 1. The molecular weight excluding hydrogens is 383 g/mol. The van der Waals surface area contributed by atoms with Crippen molar-refractivity contribution in [2.24, 2.45) is 0 Å². The van der Waals surface area contributed by atoms with Crippen molar-refractivity contribution in [2.75, 3.05) is 0 Å². The quantitative estimate of drug-likeness (QED) is 0.737. The maximum absolute atomic E-state index is 4.45. The molecule has 2 aromatic heterocycles. The van der Waals surface area contributed by atoms with E-state index in [1.165, 1.54) is 0 Å². The fourth-order valence-electron chi connectivity index (χ4n) is 1.04. The van der Waals surface area contributed by atoms with Gasteiger partial charge in [0.1, 0.15) is 0 Å². The van der Waals surface area contributed by atoms with Crippen molar-refractivity contribution in [3.63, 3.8) is 0 Å². The van der Waals surface area contributed by atoms with Gasteiger partial charge in [-0.05, 0) is 0 Å². The summed E-state index contributed by atoms with van der Waals surface area (Å²) in [5.74, 6) is 0.725. The summed E-state index contributed by atoms with van der Waals surface area (Å²) in [4.78, 5) is 7.81. The minimum absolute atomic E-state index is 0.725. The molecule has 0 aliphatic rings. The van der Waals surface area contributed by atoms with Gasteiger partial charge in [0.2, 0.25) is 0 Å². The molecule has 0 fully saturated rings. The van der Waals surface area contributed by atoms with Crippen molar-refractivity contribution >= 4 is 45.9 Å². The molecular formula is C8H11BrN4SSn. The zero-order chi connectivity index (χ0) is 11.1. The number of nitrogens with zero attached hydrogens (tertiary/aromatic N) is 4. The SMILES string of the molecule is [CH3][Sn]([CH3])([CH3])[n]1nnc(-c2sccc2Br)n1. The van der Waals surface area contributed by atoms with Crippen LogP contribution in [0.25, 0.3) is 10.7 Å². The van der Waals surface area contributed by atoms with Crippen LogP contribution < -0.4 is 0 Å². The van der Waals surface area contributed by atoms with E-state index >= 15 is 0 Å². The number of hydrogen-bond acceptors (Lipinski definition) is 4. The third-order valence-corrected chi connectivity index (χ3v) is 7.63. The first-order chi connectivity index (χ1) is 6.98. The molecule has 0 amide bonds. The van der Waals surface area contributed by atoms with Crippen LogP contribution in [0.1, 0.15) is 0 Å². The summed E-state index contributed by atoms with van der Waals surface area (Å²) >= 11 is 2.86. The van der Waals surface area contributed by atoms with Crippen LogP contribution in [-0.4, -0.2) is 37.1 Å². The van der Waals surface area contributed by atoms with Gasteiger partial charge in [-0.1, -0.05) is 0 Å². The third kappa shape index (κ3) is 2.42. The molecule has 2 rings (SSSR count). The van der Waals surface area contributed by atoms with Crippen LogP contribution >= 0.6 is 27.3 Å². The van der Waals surface area contributed by atoms with Crippen LogP contribution in [0.4, 0.5) is 0 Å². The van der Waals surface area contributed by atoms with E-state index in [1.54, 1.807) is 11.3 Å². The van der Waals surface area contributed by atoms with Crippen molar-refractivity contribution in [3.05, 3.63) is 15.9 Å². The molecule has 80 valence electrons. The second kappa shape index (κ2) is 4.14. The molecule has 7 heteroatoms. The van der Waals surface area contributed by atoms with Crippen LogP contribution in [0.15, 0.2) is 15.9 Å². The molecule has 0 aliphatic heterocycles. The number of halogens is 1. The molecule has 0 saturated heterocycles. The third-order valence-electron chi connectivity index (χ3n) is 1.83. The van der Waals surface area contributed by atoms with Gasteiger partial charge in [0.15, 0.2) is 0 Å². The Hall–Kier alpha value is 0.0487. The molecule has 0 aliphatic carbocycles. The second-order valence-electron chi connectivity index (χ2n) is 4.17. The molecule has 0 N–H and O–H groups in total. The van der Waals surface area contributed by atoms with E-state index in [0.29, 0.717) is 0 Å². The molecule has 0 bridgehead atoms. The van der Waals surface area contributed by atoms with Crippen LogP contribution in [0, 0.1) is 0 Å². The zero-order valence-electron chi connectivity index (χ0n) is 8.73. The Bertz CT molecular complexity index is 473. The fourth-order valence-corrected chi connectivity index (χ4v) is 4.54. The molecule has 0 aromatic carbocycles. The maximum atomic E-state index is 4.45. The van der Waals surface area contributed by atoms with E-state index in [1.807, 2.05) is 14.5 Å². The summed E-state index contributed by atoms with van der Waals surface area (Å²) in [6.07, 6.45) is 0. The molecule has 0 radical (unpaired) electrons. The Morgan fingerprint density at radius 2 is 2.13 bits per heavy atom. The number of aromatic nitrogens is 4. The number of tetrazole rings is 1. The standard InChI is InChI=1S/C5H2BrN4S.3CH3.Sn/c6-3-1-2-11-4(3)5-7-9-10-8-5;;;;/h1-2H;3*1H3;/q-1;;;;+1. The summed E-state index contributed by atoms with van der Waals surface area (Å²) in [6, 6.07) is 2.00. The topological polar surface area (TPSA) is 43.6 Å². The van der Waals surface area contributed by atoms with E-state index in [4.69, 9.17) is 0 Å². The first kappa shape index (κ1) is 11.5. The van der Waals surface area contributed by atoms with Gasteiger partial charge in [0.05, 0.1) is 0 Å². The molecule has 0 unspecified atom stereocenters. The summed E-state index contributed by atoms with van der Waals surface area (Å²) in [5, 5.41) is 14.7. The molecule has 2 heterocycles. The van der Waals surface area contributed by atoms with Crippen LogP contribution in [0.2, 0.25) is 14.8 Å². The van der Waals surface area contributed by atoms with E-state index in [9.17, 15) is 0 Å². The van der Waals surface area contributed by atoms with Gasteiger partial charge in [-0.15, -0.1) is 0 Å². The summed E-state index contributed by atoms with van der Waals surface area (Å²) in [7, 11) is 0. The van der Waals surface area contributed by atoms with E-state index in [2.05, 4.69) is 46.2 Å². The Morgan fingerprint density at radius 3 is 2.60 bits per heavy atom. The average molecular weight is 394 g/mol. The summed E-state index contributed by atoms with van der Waals surface area (Å²) < 4.78 is 2.88. The van der Waals surface area contributed by atoms with Crippen molar-refractivity contribution in [3.8, 4) is 10.7 Å². The second-order valence-corrected chi connectivity index (χ2v) is 19.5. The van der Waals surface area contributed by atoms with Crippen molar-refractivity contribution in [1.29, 1.82) is 0 Å². The summed E-state index contributed by atoms with van der Waals surface area (Å²) in [5.41, 5.74) is 0. The molecule has 0 spiro atoms. The normalized spacial score (nSPS) is 12.0. The molecule has 0 saturated carbocycles. The van der Waals surface area contributed by atoms with Crippen LogP contribution in [-0.2, 0) is 0 Å². The Morgan fingerprint density at radius 1 is 1.40 bits per heavy atom. The van der Waals surface area contributed by atoms with E-state index < -0.39 is 18.7 Å². The van der Waals surface area contributed by atoms with Crippen molar-refractivity contribution < 1.29 is 0 Å². The Balaban J connectivity index is 2.41. The first-order valence-corrected chi connectivity index (χ1v) is 16.0. The van der Waals surface area contributed by atoms with Gasteiger partial charge >= 0.3 is 106 Å². The van der Waals surface area contributed by atoms with Gasteiger partial charge in [-0.25, -0.2) is 0 Å². The van der Waals surface area contributed by atoms with Crippen LogP contribution in [0.3, 0.4) is 0 Å².